The van der Waals surface area contributed by atoms with Crippen LogP contribution in [-0.2, 0) is 0 Å². The molecule has 0 aliphatic heterocycles. The number of pyridine rings is 2. The van der Waals surface area contributed by atoms with Crippen molar-refractivity contribution in [1.82, 2.24) is 29.9 Å². The Labute approximate surface area is 319 Å². The van der Waals surface area contributed by atoms with Gasteiger partial charge in [0.1, 0.15) is 16.7 Å². The van der Waals surface area contributed by atoms with E-state index >= 15 is 0 Å². The molecule has 8 nitrogen and oxygen atoms in total. The van der Waals surface area contributed by atoms with Crippen LogP contribution < -0.4 is 0 Å². The predicted molar refractivity (Wildman–Crippen MR) is 220 cm³/mol. The molecule has 0 bridgehead atoms. The first-order valence-corrected chi connectivity index (χ1v) is 18.3. The molecule has 0 aliphatic carbocycles. The largest absolute Gasteiger partial charge is 0.456 e. The van der Waals surface area contributed by atoms with Gasteiger partial charge in [-0.1, -0.05) is 97.1 Å². The molecule has 0 N–H and O–H groups in total. The van der Waals surface area contributed by atoms with Crippen molar-refractivity contribution in [1.29, 1.82) is 0 Å². The van der Waals surface area contributed by atoms with Crippen molar-refractivity contribution in [2.24, 2.45) is 0 Å². The van der Waals surface area contributed by atoms with Gasteiger partial charge < -0.3 is 8.83 Å². The van der Waals surface area contributed by atoms with Crippen LogP contribution in [0.3, 0.4) is 0 Å². The van der Waals surface area contributed by atoms with E-state index in [2.05, 4.69) is 76.7 Å². The summed E-state index contributed by atoms with van der Waals surface area (Å²) in [6.07, 6.45) is 6.96. The Morgan fingerprint density at radius 1 is 0.375 bits per heavy atom. The van der Waals surface area contributed by atoms with E-state index in [1.807, 2.05) is 78.9 Å². The molecule has 8 heteroatoms. The van der Waals surface area contributed by atoms with E-state index in [9.17, 15) is 0 Å². The Hall–Kier alpha value is -7.84. The van der Waals surface area contributed by atoms with Crippen LogP contribution in [0.4, 0.5) is 0 Å². The van der Waals surface area contributed by atoms with Crippen molar-refractivity contribution >= 4 is 43.8 Å². The fraction of sp³-hybridized carbons (Fsp3) is 0. The summed E-state index contributed by atoms with van der Waals surface area (Å²) in [5.74, 6) is 2.30. The molecule has 262 valence electrons. The molecule has 0 aliphatic rings. The summed E-state index contributed by atoms with van der Waals surface area (Å²) in [6.45, 7) is 0. The van der Waals surface area contributed by atoms with Crippen LogP contribution in [0.25, 0.3) is 112 Å². The first-order valence-electron chi connectivity index (χ1n) is 18.3. The van der Waals surface area contributed by atoms with E-state index in [0.29, 0.717) is 23.4 Å². The summed E-state index contributed by atoms with van der Waals surface area (Å²) in [6, 6.07) is 49.1. The summed E-state index contributed by atoms with van der Waals surface area (Å²) in [7, 11) is 0. The van der Waals surface area contributed by atoms with Crippen LogP contribution in [0.2, 0.25) is 0 Å². The number of rotatable bonds is 6. The van der Waals surface area contributed by atoms with Crippen molar-refractivity contribution < 1.29 is 8.83 Å². The highest BCUT2D eigenvalue weighted by molar-refractivity contribution is 6.22. The summed E-state index contributed by atoms with van der Waals surface area (Å²) in [5.41, 5.74) is 10.7. The van der Waals surface area contributed by atoms with Crippen molar-refractivity contribution in [3.63, 3.8) is 0 Å². The number of aromatic nitrogens is 6. The third-order valence-corrected chi connectivity index (χ3v) is 10.2. The number of nitrogens with zero attached hydrogens (tertiary/aromatic N) is 6. The number of furan rings is 1. The lowest BCUT2D eigenvalue weighted by atomic mass is 9.90. The highest BCUT2D eigenvalue weighted by Crippen LogP contribution is 2.46. The summed E-state index contributed by atoms with van der Waals surface area (Å²) >= 11 is 0. The van der Waals surface area contributed by atoms with Crippen molar-refractivity contribution in [2.45, 2.75) is 0 Å². The number of para-hydroxylation sites is 1. The zero-order valence-electron chi connectivity index (χ0n) is 29.7. The quantitative estimate of drug-likeness (QED) is 0.167. The minimum absolute atomic E-state index is 0.568. The molecular weight excluding hydrogens is 693 g/mol. The molecule has 0 saturated carbocycles. The smallest absolute Gasteiger partial charge is 0.227 e. The molecule has 5 aromatic heterocycles. The zero-order valence-corrected chi connectivity index (χ0v) is 29.7. The molecule has 0 spiro atoms. The normalized spacial score (nSPS) is 11.6. The third-order valence-electron chi connectivity index (χ3n) is 10.2. The second-order valence-electron chi connectivity index (χ2n) is 13.5. The molecule has 0 radical (unpaired) electrons. The molecular formula is C48H28N6O2. The second-order valence-corrected chi connectivity index (χ2v) is 13.5. The third kappa shape index (κ3) is 5.31. The minimum atomic E-state index is 0.568. The van der Waals surface area contributed by atoms with Gasteiger partial charge in [-0.2, -0.15) is 0 Å². The van der Waals surface area contributed by atoms with Crippen LogP contribution in [0.5, 0.6) is 0 Å². The molecule has 11 aromatic rings. The Kier molecular flexibility index (Phi) is 7.31. The number of hydrogen-bond donors (Lipinski definition) is 0. The van der Waals surface area contributed by atoms with E-state index in [-0.39, 0.29) is 0 Å². The first kappa shape index (κ1) is 31.7. The maximum Gasteiger partial charge on any atom is 0.227 e. The molecule has 0 fully saturated rings. The van der Waals surface area contributed by atoms with Crippen LogP contribution >= 0.6 is 0 Å². The van der Waals surface area contributed by atoms with Crippen LogP contribution in [-0.4, -0.2) is 29.9 Å². The molecule has 5 heterocycles. The van der Waals surface area contributed by atoms with E-state index in [0.717, 1.165) is 88.3 Å². The van der Waals surface area contributed by atoms with Crippen LogP contribution in [0.15, 0.2) is 179 Å². The van der Waals surface area contributed by atoms with Crippen molar-refractivity contribution in [3.8, 4) is 67.9 Å². The topological polar surface area (TPSA) is 104 Å². The van der Waals surface area contributed by atoms with Gasteiger partial charge in [-0.15, -0.1) is 0 Å². The highest BCUT2D eigenvalue weighted by atomic mass is 16.4. The first-order chi connectivity index (χ1) is 27.7. The van der Waals surface area contributed by atoms with Gasteiger partial charge in [0.25, 0.3) is 0 Å². The summed E-state index contributed by atoms with van der Waals surface area (Å²) < 4.78 is 13.1. The number of hydrogen-bond acceptors (Lipinski definition) is 8. The molecule has 6 aromatic carbocycles. The maximum atomic E-state index is 6.68. The van der Waals surface area contributed by atoms with Gasteiger partial charge in [0.05, 0.1) is 0 Å². The second kappa shape index (κ2) is 12.9. The van der Waals surface area contributed by atoms with Crippen LogP contribution in [0, 0.1) is 0 Å². The van der Waals surface area contributed by atoms with Gasteiger partial charge in [-0.3, -0.25) is 9.97 Å². The molecule has 11 rings (SSSR count). The Morgan fingerprint density at radius 3 is 1.57 bits per heavy atom. The van der Waals surface area contributed by atoms with Gasteiger partial charge >= 0.3 is 0 Å². The van der Waals surface area contributed by atoms with Gasteiger partial charge in [0, 0.05) is 69.4 Å². The highest BCUT2D eigenvalue weighted by Gasteiger charge is 2.23. The Balaban J connectivity index is 1.06. The van der Waals surface area contributed by atoms with Crippen molar-refractivity contribution in [2.75, 3.05) is 0 Å². The molecule has 0 saturated heterocycles. The fourth-order valence-corrected chi connectivity index (χ4v) is 7.56. The van der Waals surface area contributed by atoms with Gasteiger partial charge in [0.15, 0.2) is 23.1 Å². The SMILES string of the molecule is c1ccc(-c2nc3cc4oc5ccccc5c4c(-c4ccc(-c5ccc(-c6nc(-c7ccncc7)nc(-c7ccncc7)n6)cc5)c5ccccc45)c3o2)cc1. The average molecular weight is 721 g/mol. The minimum Gasteiger partial charge on any atom is -0.456 e. The maximum absolute atomic E-state index is 6.68. The van der Waals surface area contributed by atoms with E-state index < -0.39 is 0 Å². The van der Waals surface area contributed by atoms with E-state index in [1.54, 1.807) is 24.8 Å². The number of benzene rings is 6. The molecule has 0 unspecified atom stereocenters. The van der Waals surface area contributed by atoms with Gasteiger partial charge in [-0.25, -0.2) is 19.9 Å². The van der Waals surface area contributed by atoms with E-state index in [4.69, 9.17) is 28.8 Å². The monoisotopic (exact) mass is 720 g/mol. The molecule has 0 atom stereocenters. The fourth-order valence-electron chi connectivity index (χ4n) is 7.56. The standard InChI is InChI=1S/C48H28N6O2/c1-2-8-33(9-3-1)48-51-39-28-41-42(38-12-6-7-13-40(38)55-41)43(44(39)56-48)37-19-18-34(35-10-4-5-11-36(35)37)29-14-16-30(17-15-29)45-52-46(31-20-24-49-25-21-31)54-47(53-45)32-22-26-50-27-23-32/h1-28H. The summed E-state index contributed by atoms with van der Waals surface area (Å²) in [5, 5.41) is 4.23. The molecule has 0 amide bonds. The average Bonchev–Trinajstić information content (AvgIpc) is 3.88. The zero-order chi connectivity index (χ0) is 37.0. The number of fused-ring (bicyclic) bond motifs is 5. The number of oxazole rings is 1. The van der Waals surface area contributed by atoms with Crippen LogP contribution in [0.1, 0.15) is 0 Å². The van der Waals surface area contributed by atoms with Crippen molar-refractivity contribution in [3.05, 3.63) is 170 Å². The predicted octanol–water partition coefficient (Wildman–Crippen LogP) is 11.9. The Morgan fingerprint density at radius 2 is 0.911 bits per heavy atom. The Bertz CT molecular complexity index is 3180. The van der Waals surface area contributed by atoms with Gasteiger partial charge in [-0.05, 0) is 69.9 Å². The summed E-state index contributed by atoms with van der Waals surface area (Å²) in [4.78, 5) is 27.9. The van der Waals surface area contributed by atoms with E-state index in [1.165, 1.54) is 0 Å². The lowest BCUT2D eigenvalue weighted by Crippen LogP contribution is -2.00. The molecule has 56 heavy (non-hydrogen) atoms. The lowest BCUT2D eigenvalue weighted by molar-refractivity contribution is 0.621. The lowest BCUT2D eigenvalue weighted by Gasteiger charge is -2.14. The van der Waals surface area contributed by atoms with Gasteiger partial charge in [0.2, 0.25) is 5.89 Å².